The van der Waals surface area contributed by atoms with Crippen LogP contribution in [-0.4, -0.2) is 39.7 Å². The minimum absolute atomic E-state index is 0.228. The highest BCUT2D eigenvalue weighted by Gasteiger charge is 2.35. The number of alkyl halides is 3. The molecule has 43 heavy (non-hydrogen) atoms. The average molecular weight is 634 g/mol. The average Bonchev–Trinajstić information content (AvgIpc) is 3.45. The first-order valence-corrected chi connectivity index (χ1v) is 14.4. The number of esters is 1. The zero-order valence-corrected chi connectivity index (χ0v) is 23.9. The molecule has 224 valence electrons. The van der Waals surface area contributed by atoms with E-state index in [-0.39, 0.29) is 17.3 Å². The largest absolute Gasteiger partial charge is 0.462 e. The van der Waals surface area contributed by atoms with Crippen LogP contribution in [-0.2, 0) is 25.7 Å². The van der Waals surface area contributed by atoms with Crippen LogP contribution in [0.2, 0.25) is 5.02 Å². The van der Waals surface area contributed by atoms with Crippen LogP contribution in [0.5, 0.6) is 0 Å². The summed E-state index contributed by atoms with van der Waals surface area (Å²) in [5, 5.41) is 3.15. The molecule has 0 aliphatic heterocycles. The smallest absolute Gasteiger partial charge is 0.417 e. The third-order valence-electron chi connectivity index (χ3n) is 5.85. The molecule has 3 aromatic carbocycles. The summed E-state index contributed by atoms with van der Waals surface area (Å²) in [6.45, 7) is 1.05. The molecule has 4 rings (SSSR count). The van der Waals surface area contributed by atoms with Crippen LogP contribution < -0.4 is 9.73 Å². The second-order valence-electron chi connectivity index (χ2n) is 8.78. The Morgan fingerprint density at radius 3 is 2.37 bits per heavy atom. The third kappa shape index (κ3) is 7.62. The molecule has 1 heterocycles. The first-order valence-electron chi connectivity index (χ1n) is 12.5. The van der Waals surface area contributed by atoms with Crippen molar-refractivity contribution in [2.24, 2.45) is 5.10 Å². The van der Waals surface area contributed by atoms with Crippen molar-refractivity contribution in [3.05, 3.63) is 107 Å². The Morgan fingerprint density at radius 1 is 1.02 bits per heavy atom. The van der Waals surface area contributed by atoms with Gasteiger partial charge in [0.1, 0.15) is 18.1 Å². The van der Waals surface area contributed by atoms with Crippen LogP contribution in [0.3, 0.4) is 0 Å². The fourth-order valence-electron chi connectivity index (χ4n) is 3.82. The number of benzene rings is 3. The highest BCUT2D eigenvalue weighted by molar-refractivity contribution is 7.92. The molecule has 0 aliphatic carbocycles. The molecular formula is C29H23ClF3N3O6S. The molecule has 0 radical (unpaired) electrons. The van der Waals surface area contributed by atoms with Gasteiger partial charge < -0.3 is 9.15 Å². The zero-order valence-electron chi connectivity index (χ0n) is 22.3. The maximum atomic E-state index is 13.5. The van der Waals surface area contributed by atoms with Gasteiger partial charge in [-0.1, -0.05) is 41.9 Å². The summed E-state index contributed by atoms with van der Waals surface area (Å²) < 4.78 is 78.5. The zero-order chi connectivity index (χ0) is 31.2. The molecule has 0 fully saturated rings. The van der Waals surface area contributed by atoms with E-state index in [2.05, 4.69) is 10.5 Å². The van der Waals surface area contributed by atoms with Gasteiger partial charge in [0, 0.05) is 5.56 Å². The Bertz CT molecular complexity index is 1740. The number of nitrogens with one attached hydrogen (secondary N) is 1. The first-order chi connectivity index (χ1) is 20.4. The van der Waals surface area contributed by atoms with E-state index < -0.39 is 50.9 Å². The van der Waals surface area contributed by atoms with E-state index in [1.807, 2.05) is 0 Å². The van der Waals surface area contributed by atoms with Gasteiger partial charge in [0.15, 0.2) is 0 Å². The number of furan rings is 1. The minimum Gasteiger partial charge on any atom is -0.462 e. The number of anilines is 1. The second kappa shape index (κ2) is 13.1. The molecule has 1 amide bonds. The fraction of sp³-hybridized carbons (Fsp3) is 0.138. The molecule has 1 aromatic heterocycles. The molecular weight excluding hydrogens is 611 g/mol. The Hall–Kier alpha value is -4.62. The predicted octanol–water partition coefficient (Wildman–Crippen LogP) is 6.14. The van der Waals surface area contributed by atoms with Crippen LogP contribution in [0.25, 0.3) is 11.3 Å². The lowest BCUT2D eigenvalue weighted by Gasteiger charge is -2.24. The van der Waals surface area contributed by atoms with E-state index in [4.69, 9.17) is 20.8 Å². The molecule has 1 N–H and O–H groups in total. The standard InChI is InChI=1S/C29H23ClF3N3O6S/c1-2-41-28(38)20-10-8-19(9-11-20)26-15-13-22(42-26)17-34-35-27(37)18-36(43(39,40)23-6-4-3-5-7-23)21-12-14-25(30)24(16-21)29(31,32)33/h3-17H,2,18H2,1H3,(H,35,37)/b34-17+. The Labute approximate surface area is 249 Å². The number of hydrogen-bond donors (Lipinski definition) is 1. The lowest BCUT2D eigenvalue weighted by Crippen LogP contribution is -2.39. The number of hydrazone groups is 1. The topological polar surface area (TPSA) is 118 Å². The van der Waals surface area contributed by atoms with E-state index in [1.54, 1.807) is 49.4 Å². The van der Waals surface area contributed by atoms with Crippen molar-refractivity contribution in [3.8, 4) is 11.3 Å². The number of rotatable bonds is 10. The van der Waals surface area contributed by atoms with Crippen molar-refractivity contribution in [2.75, 3.05) is 17.5 Å². The van der Waals surface area contributed by atoms with Crippen molar-refractivity contribution < 1.29 is 40.3 Å². The highest BCUT2D eigenvalue weighted by Crippen LogP contribution is 2.38. The summed E-state index contributed by atoms with van der Waals surface area (Å²) in [5.41, 5.74) is 1.49. The summed E-state index contributed by atoms with van der Waals surface area (Å²) in [7, 11) is -4.48. The highest BCUT2D eigenvalue weighted by atomic mass is 35.5. The minimum atomic E-state index is -4.87. The van der Waals surface area contributed by atoms with Gasteiger partial charge in [-0.05, 0) is 61.5 Å². The van der Waals surface area contributed by atoms with Gasteiger partial charge in [-0.25, -0.2) is 18.6 Å². The van der Waals surface area contributed by atoms with Crippen molar-refractivity contribution in [3.63, 3.8) is 0 Å². The van der Waals surface area contributed by atoms with Crippen molar-refractivity contribution in [1.29, 1.82) is 0 Å². The van der Waals surface area contributed by atoms with Crippen LogP contribution >= 0.6 is 11.6 Å². The Morgan fingerprint density at radius 2 is 1.72 bits per heavy atom. The molecule has 0 atom stereocenters. The van der Waals surface area contributed by atoms with E-state index in [9.17, 15) is 31.2 Å². The SMILES string of the molecule is CCOC(=O)c1ccc(-c2ccc(/C=N/NC(=O)CN(c3ccc(Cl)c(C(F)(F)F)c3)S(=O)(=O)c3ccccc3)o2)cc1. The summed E-state index contributed by atoms with van der Waals surface area (Å²) in [5.74, 6) is -0.734. The number of ether oxygens (including phenoxy) is 1. The number of halogens is 4. The van der Waals surface area contributed by atoms with Crippen LogP contribution in [0, 0.1) is 0 Å². The van der Waals surface area contributed by atoms with Gasteiger partial charge in [-0.3, -0.25) is 9.10 Å². The summed E-state index contributed by atoms with van der Waals surface area (Å²) in [4.78, 5) is 24.3. The third-order valence-corrected chi connectivity index (χ3v) is 7.97. The fourth-order valence-corrected chi connectivity index (χ4v) is 5.47. The van der Waals surface area contributed by atoms with Gasteiger partial charge in [0.05, 0.1) is 39.6 Å². The molecule has 0 saturated carbocycles. The van der Waals surface area contributed by atoms with E-state index in [1.165, 1.54) is 24.3 Å². The van der Waals surface area contributed by atoms with Gasteiger partial charge in [0.25, 0.3) is 15.9 Å². The first kappa shape index (κ1) is 31.3. The molecule has 0 bridgehead atoms. The quantitative estimate of drug-likeness (QED) is 0.127. The van der Waals surface area contributed by atoms with Gasteiger partial charge in [-0.15, -0.1) is 0 Å². The monoisotopic (exact) mass is 633 g/mol. The molecule has 0 spiro atoms. The van der Waals surface area contributed by atoms with Gasteiger partial charge >= 0.3 is 12.1 Å². The molecule has 4 aromatic rings. The molecule has 9 nitrogen and oxygen atoms in total. The van der Waals surface area contributed by atoms with E-state index in [0.717, 1.165) is 18.3 Å². The van der Waals surface area contributed by atoms with Crippen molar-refractivity contribution >= 4 is 45.4 Å². The molecule has 0 saturated heterocycles. The summed E-state index contributed by atoms with van der Waals surface area (Å²) in [6.07, 6.45) is -3.71. The number of amides is 1. The number of carbonyl (C=O) groups excluding carboxylic acids is 2. The molecule has 0 aliphatic rings. The maximum Gasteiger partial charge on any atom is 0.417 e. The van der Waals surface area contributed by atoms with E-state index >= 15 is 0 Å². The number of carbonyl (C=O) groups is 2. The number of sulfonamides is 1. The van der Waals surface area contributed by atoms with Gasteiger partial charge in [-0.2, -0.15) is 18.3 Å². The summed E-state index contributed by atoms with van der Waals surface area (Å²) in [6, 6.07) is 19.1. The van der Waals surface area contributed by atoms with E-state index in [0.29, 0.717) is 27.3 Å². The normalized spacial score (nSPS) is 11.8. The maximum absolute atomic E-state index is 13.5. The van der Waals surface area contributed by atoms with Crippen molar-refractivity contribution in [2.45, 2.75) is 18.0 Å². The Balaban J connectivity index is 1.51. The summed E-state index contributed by atoms with van der Waals surface area (Å²) >= 11 is 5.71. The number of hydrogen-bond acceptors (Lipinski definition) is 7. The predicted molar refractivity (Wildman–Crippen MR) is 153 cm³/mol. The van der Waals surface area contributed by atoms with Crippen LogP contribution in [0.1, 0.15) is 28.6 Å². The Kier molecular flexibility index (Phi) is 9.56. The van der Waals surface area contributed by atoms with Gasteiger partial charge in [0.2, 0.25) is 0 Å². The lowest BCUT2D eigenvalue weighted by molar-refractivity contribution is -0.137. The lowest BCUT2D eigenvalue weighted by atomic mass is 10.1. The van der Waals surface area contributed by atoms with Crippen molar-refractivity contribution in [1.82, 2.24) is 5.43 Å². The van der Waals surface area contributed by atoms with Crippen LogP contribution in [0.4, 0.5) is 18.9 Å². The number of nitrogens with zero attached hydrogens (tertiary/aromatic N) is 2. The second-order valence-corrected chi connectivity index (χ2v) is 11.0. The molecule has 0 unspecified atom stereocenters. The van der Waals surface area contributed by atoms with Crippen LogP contribution in [0.15, 0.2) is 99.3 Å². The molecule has 14 heteroatoms.